The summed E-state index contributed by atoms with van der Waals surface area (Å²) in [4.78, 5) is 4.30. The Kier molecular flexibility index (Phi) is 2.21. The number of nitrogens with two attached hydrogens (primary N) is 1. The summed E-state index contributed by atoms with van der Waals surface area (Å²) in [6.45, 7) is 1.95. The Hall–Kier alpha value is -0.320. The molecule has 2 nitrogen and oxygen atoms in total. The number of benzene rings is 1. The van der Waals surface area contributed by atoms with E-state index in [1.807, 2.05) is 13.0 Å². The Morgan fingerprint density at radius 1 is 1.62 bits per heavy atom. The van der Waals surface area contributed by atoms with Crippen molar-refractivity contribution in [2.24, 2.45) is 0 Å². The molecule has 68 valence electrons. The molecule has 2 aromatic rings. The summed E-state index contributed by atoms with van der Waals surface area (Å²) >= 11 is 11.0. The molecule has 0 unspecified atom stereocenters. The molecule has 0 bridgehead atoms. The molecule has 1 aromatic carbocycles. The maximum absolute atomic E-state index is 6.03. The third-order valence-corrected chi connectivity index (χ3v) is 3.68. The molecule has 0 saturated carbocycles. The molecule has 0 radical (unpaired) electrons. The second-order valence-electron chi connectivity index (χ2n) is 2.67. The van der Waals surface area contributed by atoms with Crippen molar-refractivity contribution >= 4 is 54.8 Å². The number of halogens is 2. The molecular weight excluding hydrogens is 272 g/mol. The van der Waals surface area contributed by atoms with Gasteiger partial charge in [0.25, 0.3) is 0 Å². The summed E-state index contributed by atoms with van der Waals surface area (Å²) in [5.41, 5.74) is 7.09. The van der Waals surface area contributed by atoms with Crippen LogP contribution in [0.4, 0.5) is 5.69 Å². The van der Waals surface area contributed by atoms with Crippen LogP contribution in [-0.2, 0) is 0 Å². The average molecular weight is 278 g/mol. The summed E-state index contributed by atoms with van der Waals surface area (Å²) < 4.78 is 1.89. The van der Waals surface area contributed by atoms with Gasteiger partial charge in [0.15, 0.2) is 0 Å². The molecule has 1 heterocycles. The maximum atomic E-state index is 6.03. The summed E-state index contributed by atoms with van der Waals surface area (Å²) in [7, 11) is 0. The predicted octanol–water partition coefficient (Wildman–Crippen LogP) is 3.60. The number of nitrogens with zero attached hydrogens (tertiary/aromatic N) is 1. The number of anilines is 1. The van der Waals surface area contributed by atoms with Crippen LogP contribution < -0.4 is 5.73 Å². The first kappa shape index (κ1) is 9.24. The number of aromatic nitrogens is 1. The molecule has 5 heteroatoms. The number of fused-ring (bicyclic) bond motifs is 1. The van der Waals surface area contributed by atoms with E-state index < -0.39 is 0 Å². The first-order chi connectivity index (χ1) is 6.09. The molecule has 13 heavy (non-hydrogen) atoms. The quantitative estimate of drug-likeness (QED) is 0.747. The monoisotopic (exact) mass is 276 g/mol. The molecule has 2 rings (SSSR count). The fraction of sp³-hybridized carbons (Fsp3) is 0.125. The van der Waals surface area contributed by atoms with Crippen molar-refractivity contribution in [2.45, 2.75) is 6.92 Å². The van der Waals surface area contributed by atoms with Gasteiger partial charge in [0.05, 0.1) is 20.4 Å². The van der Waals surface area contributed by atoms with E-state index in [9.17, 15) is 0 Å². The lowest BCUT2D eigenvalue weighted by molar-refractivity contribution is 1.35. The molecule has 0 spiro atoms. The maximum Gasteiger partial charge on any atom is 0.102 e. The number of aryl methyl sites for hydroxylation is 1. The molecule has 0 saturated heterocycles. The van der Waals surface area contributed by atoms with Gasteiger partial charge in [0.2, 0.25) is 0 Å². The standard InChI is InChI=1S/C8H6BrClN2S/c1-3-12-8-5(13-3)2-4(9)7(11)6(8)10/h2H,11H2,1H3. The van der Waals surface area contributed by atoms with Crippen molar-refractivity contribution in [3.63, 3.8) is 0 Å². The van der Waals surface area contributed by atoms with E-state index in [-0.39, 0.29) is 0 Å². The highest BCUT2D eigenvalue weighted by Crippen LogP contribution is 2.37. The lowest BCUT2D eigenvalue weighted by Gasteiger charge is -2.00. The summed E-state index contributed by atoms with van der Waals surface area (Å²) in [6.07, 6.45) is 0. The SMILES string of the molecule is Cc1nc2c(Cl)c(N)c(Br)cc2s1. The van der Waals surface area contributed by atoms with Crippen LogP contribution in [0.15, 0.2) is 10.5 Å². The average Bonchev–Trinajstić information content (AvgIpc) is 2.42. The number of hydrogen-bond acceptors (Lipinski definition) is 3. The van der Waals surface area contributed by atoms with Crippen LogP contribution in [0.3, 0.4) is 0 Å². The van der Waals surface area contributed by atoms with Gasteiger partial charge in [-0.15, -0.1) is 11.3 Å². The van der Waals surface area contributed by atoms with Crippen molar-refractivity contribution in [3.05, 3.63) is 20.6 Å². The van der Waals surface area contributed by atoms with Crippen LogP contribution in [0.25, 0.3) is 10.2 Å². The van der Waals surface area contributed by atoms with Crippen LogP contribution in [0.5, 0.6) is 0 Å². The van der Waals surface area contributed by atoms with E-state index in [1.54, 1.807) is 11.3 Å². The minimum Gasteiger partial charge on any atom is -0.397 e. The van der Waals surface area contributed by atoms with Crippen molar-refractivity contribution in [2.75, 3.05) is 5.73 Å². The highest BCUT2D eigenvalue weighted by molar-refractivity contribution is 9.10. The van der Waals surface area contributed by atoms with Crippen LogP contribution in [0, 0.1) is 6.92 Å². The fourth-order valence-corrected chi connectivity index (χ4v) is 2.99. The topological polar surface area (TPSA) is 38.9 Å². The number of hydrogen-bond donors (Lipinski definition) is 1. The smallest absolute Gasteiger partial charge is 0.102 e. The Bertz CT molecular complexity index is 480. The van der Waals surface area contributed by atoms with Gasteiger partial charge in [0, 0.05) is 4.47 Å². The molecule has 2 N–H and O–H groups in total. The minimum atomic E-state index is 0.536. The molecule has 0 amide bonds. The molecule has 0 aliphatic rings. The highest BCUT2D eigenvalue weighted by Gasteiger charge is 2.10. The Morgan fingerprint density at radius 3 is 3.00 bits per heavy atom. The first-order valence-electron chi connectivity index (χ1n) is 3.60. The summed E-state index contributed by atoms with van der Waals surface area (Å²) in [5.74, 6) is 0. The molecule has 0 aliphatic heterocycles. The van der Waals surface area contributed by atoms with Crippen molar-refractivity contribution in [1.29, 1.82) is 0 Å². The van der Waals surface area contributed by atoms with Gasteiger partial charge in [-0.3, -0.25) is 0 Å². The molecule has 0 aliphatic carbocycles. The van der Waals surface area contributed by atoms with Gasteiger partial charge in [-0.05, 0) is 28.9 Å². The van der Waals surface area contributed by atoms with Crippen LogP contribution in [0.1, 0.15) is 5.01 Å². The van der Waals surface area contributed by atoms with Crippen LogP contribution >= 0.6 is 38.9 Å². The summed E-state index contributed by atoms with van der Waals surface area (Å²) in [6, 6.07) is 1.95. The summed E-state index contributed by atoms with van der Waals surface area (Å²) in [5, 5.41) is 1.53. The van der Waals surface area contributed by atoms with Gasteiger partial charge in [-0.25, -0.2) is 4.98 Å². The van der Waals surface area contributed by atoms with Gasteiger partial charge in [-0.1, -0.05) is 11.6 Å². The van der Waals surface area contributed by atoms with Gasteiger partial charge >= 0.3 is 0 Å². The normalized spacial score (nSPS) is 11.0. The largest absolute Gasteiger partial charge is 0.397 e. The third kappa shape index (κ3) is 1.43. The van der Waals surface area contributed by atoms with Crippen molar-refractivity contribution in [1.82, 2.24) is 4.98 Å². The van der Waals surface area contributed by atoms with E-state index in [0.717, 1.165) is 19.7 Å². The second-order valence-corrected chi connectivity index (χ2v) is 5.13. The molecule has 1 aromatic heterocycles. The van der Waals surface area contributed by atoms with Crippen LogP contribution in [0.2, 0.25) is 5.02 Å². The zero-order valence-corrected chi connectivity index (χ0v) is 9.92. The van der Waals surface area contributed by atoms with Crippen LogP contribution in [-0.4, -0.2) is 4.98 Å². The number of nitrogen functional groups attached to an aromatic ring is 1. The molecular formula is C8H6BrClN2S. The van der Waals surface area contributed by atoms with Gasteiger partial charge < -0.3 is 5.73 Å². The lowest BCUT2D eigenvalue weighted by Crippen LogP contribution is -1.88. The third-order valence-electron chi connectivity index (χ3n) is 1.72. The van der Waals surface area contributed by atoms with E-state index in [2.05, 4.69) is 20.9 Å². The minimum absolute atomic E-state index is 0.536. The Morgan fingerprint density at radius 2 is 2.31 bits per heavy atom. The molecule has 0 atom stereocenters. The van der Waals surface area contributed by atoms with Crippen molar-refractivity contribution in [3.8, 4) is 0 Å². The van der Waals surface area contributed by atoms with Crippen molar-refractivity contribution < 1.29 is 0 Å². The van der Waals surface area contributed by atoms with E-state index in [4.69, 9.17) is 17.3 Å². The van der Waals surface area contributed by atoms with E-state index >= 15 is 0 Å². The van der Waals surface area contributed by atoms with Gasteiger partial charge in [0.1, 0.15) is 5.52 Å². The Labute approximate surface area is 92.8 Å². The lowest BCUT2D eigenvalue weighted by atomic mass is 10.3. The number of rotatable bonds is 0. The number of thiazole rings is 1. The van der Waals surface area contributed by atoms with E-state index in [1.165, 1.54) is 0 Å². The van der Waals surface area contributed by atoms with Gasteiger partial charge in [-0.2, -0.15) is 0 Å². The zero-order chi connectivity index (χ0) is 9.59. The molecule has 0 fully saturated rings. The zero-order valence-electron chi connectivity index (χ0n) is 6.77. The predicted molar refractivity (Wildman–Crippen MR) is 61.5 cm³/mol. The first-order valence-corrected chi connectivity index (χ1v) is 5.59. The Balaban J connectivity index is 2.92. The fourth-order valence-electron chi connectivity index (χ4n) is 1.12. The highest BCUT2D eigenvalue weighted by atomic mass is 79.9. The van der Waals surface area contributed by atoms with E-state index in [0.29, 0.717) is 10.7 Å². The second kappa shape index (κ2) is 3.12.